The molecule has 0 bridgehead atoms. The standard InChI is InChI=1S/C8H9Cl2N3OS/c9-6-11-7(10)13-8(12-6)15-5-1-3-14-4-2-5/h5H,1-4H2. The minimum absolute atomic E-state index is 0.143. The van der Waals surface area contributed by atoms with Crippen molar-refractivity contribution in [3.8, 4) is 0 Å². The van der Waals surface area contributed by atoms with Crippen molar-refractivity contribution >= 4 is 35.0 Å². The van der Waals surface area contributed by atoms with Gasteiger partial charge in [0.2, 0.25) is 10.6 Å². The average molecular weight is 266 g/mol. The molecule has 82 valence electrons. The fraction of sp³-hybridized carbons (Fsp3) is 0.625. The van der Waals surface area contributed by atoms with Crippen LogP contribution in [0.3, 0.4) is 0 Å². The lowest BCUT2D eigenvalue weighted by Crippen LogP contribution is -2.17. The van der Waals surface area contributed by atoms with Gasteiger partial charge in [0.15, 0.2) is 5.16 Å². The number of ether oxygens (including phenoxy) is 1. The first-order chi connectivity index (χ1) is 7.24. The Kier molecular flexibility index (Phi) is 4.02. The molecule has 2 rings (SSSR count). The van der Waals surface area contributed by atoms with Crippen LogP contribution in [0.4, 0.5) is 0 Å². The van der Waals surface area contributed by atoms with Gasteiger partial charge in [-0.25, -0.2) is 0 Å². The van der Waals surface area contributed by atoms with Crippen LogP contribution in [0, 0.1) is 0 Å². The Hall–Kier alpha value is -0.100. The number of aromatic nitrogens is 3. The van der Waals surface area contributed by atoms with Crippen molar-refractivity contribution in [2.75, 3.05) is 13.2 Å². The van der Waals surface area contributed by atoms with E-state index in [1.807, 2.05) is 0 Å². The van der Waals surface area contributed by atoms with Gasteiger partial charge in [-0.05, 0) is 36.0 Å². The highest BCUT2D eigenvalue weighted by atomic mass is 35.5. The molecule has 0 atom stereocenters. The van der Waals surface area contributed by atoms with Crippen LogP contribution in [0.25, 0.3) is 0 Å². The second-order valence-electron chi connectivity index (χ2n) is 3.09. The lowest BCUT2D eigenvalue weighted by atomic mass is 10.2. The van der Waals surface area contributed by atoms with Crippen molar-refractivity contribution in [1.29, 1.82) is 0 Å². The molecule has 15 heavy (non-hydrogen) atoms. The highest BCUT2D eigenvalue weighted by Gasteiger charge is 2.17. The van der Waals surface area contributed by atoms with E-state index < -0.39 is 0 Å². The number of thioether (sulfide) groups is 1. The van der Waals surface area contributed by atoms with E-state index >= 15 is 0 Å². The maximum absolute atomic E-state index is 5.68. The number of hydrogen-bond donors (Lipinski definition) is 0. The largest absolute Gasteiger partial charge is 0.381 e. The van der Waals surface area contributed by atoms with Gasteiger partial charge in [-0.15, -0.1) is 0 Å². The van der Waals surface area contributed by atoms with Gasteiger partial charge in [0.1, 0.15) is 0 Å². The van der Waals surface area contributed by atoms with Crippen molar-refractivity contribution in [3.63, 3.8) is 0 Å². The Labute approximate surface area is 102 Å². The molecule has 1 saturated heterocycles. The quantitative estimate of drug-likeness (QED) is 0.822. The van der Waals surface area contributed by atoms with Crippen LogP contribution in [-0.4, -0.2) is 33.4 Å². The molecule has 0 radical (unpaired) electrons. The summed E-state index contributed by atoms with van der Waals surface area (Å²) in [7, 11) is 0. The van der Waals surface area contributed by atoms with E-state index in [9.17, 15) is 0 Å². The van der Waals surface area contributed by atoms with Gasteiger partial charge in [-0.1, -0.05) is 11.8 Å². The van der Waals surface area contributed by atoms with Crippen LogP contribution in [0.5, 0.6) is 0 Å². The maximum Gasteiger partial charge on any atom is 0.227 e. The lowest BCUT2D eigenvalue weighted by Gasteiger charge is -2.20. The second kappa shape index (κ2) is 5.30. The Morgan fingerprint density at radius 3 is 2.27 bits per heavy atom. The van der Waals surface area contributed by atoms with Gasteiger partial charge in [0, 0.05) is 18.5 Å². The highest BCUT2D eigenvalue weighted by molar-refractivity contribution is 7.99. The van der Waals surface area contributed by atoms with Crippen molar-refractivity contribution < 1.29 is 4.74 Å². The minimum Gasteiger partial charge on any atom is -0.381 e. The van der Waals surface area contributed by atoms with Crippen molar-refractivity contribution in [1.82, 2.24) is 15.0 Å². The van der Waals surface area contributed by atoms with Gasteiger partial charge in [0.05, 0.1) is 0 Å². The van der Waals surface area contributed by atoms with Crippen molar-refractivity contribution in [2.24, 2.45) is 0 Å². The molecule has 1 aromatic heterocycles. The van der Waals surface area contributed by atoms with Gasteiger partial charge in [-0.2, -0.15) is 15.0 Å². The lowest BCUT2D eigenvalue weighted by molar-refractivity contribution is 0.1000. The fourth-order valence-electron chi connectivity index (χ4n) is 1.30. The van der Waals surface area contributed by atoms with Crippen molar-refractivity contribution in [2.45, 2.75) is 23.2 Å². The zero-order valence-electron chi connectivity index (χ0n) is 7.82. The molecule has 1 aliphatic heterocycles. The molecular weight excluding hydrogens is 257 g/mol. The summed E-state index contributed by atoms with van der Waals surface area (Å²) in [6, 6.07) is 0. The third-order valence-corrected chi connectivity index (χ3v) is 3.54. The normalized spacial score (nSPS) is 18.0. The molecule has 0 aliphatic carbocycles. The Balaban J connectivity index is 2.02. The second-order valence-corrected chi connectivity index (χ2v) is 5.03. The first-order valence-corrected chi connectivity index (χ1v) is 6.19. The molecule has 0 unspecified atom stereocenters. The Bertz CT molecular complexity index is 326. The molecule has 0 N–H and O–H groups in total. The van der Waals surface area contributed by atoms with Crippen LogP contribution in [-0.2, 0) is 4.74 Å². The molecule has 1 aromatic rings. The van der Waals surface area contributed by atoms with E-state index in [-0.39, 0.29) is 10.6 Å². The smallest absolute Gasteiger partial charge is 0.227 e. The zero-order chi connectivity index (χ0) is 10.7. The predicted molar refractivity (Wildman–Crippen MR) is 59.5 cm³/mol. The molecule has 1 fully saturated rings. The monoisotopic (exact) mass is 265 g/mol. The molecule has 7 heteroatoms. The highest BCUT2D eigenvalue weighted by Crippen LogP contribution is 2.28. The summed E-state index contributed by atoms with van der Waals surface area (Å²) < 4.78 is 5.27. The van der Waals surface area contributed by atoms with Gasteiger partial charge < -0.3 is 4.74 Å². The molecule has 2 heterocycles. The molecule has 1 aliphatic rings. The molecular formula is C8H9Cl2N3OS. The van der Waals surface area contributed by atoms with Crippen LogP contribution in [0.2, 0.25) is 10.6 Å². The van der Waals surface area contributed by atoms with E-state index in [1.54, 1.807) is 11.8 Å². The van der Waals surface area contributed by atoms with E-state index in [0.29, 0.717) is 10.4 Å². The first-order valence-electron chi connectivity index (χ1n) is 4.55. The summed E-state index contributed by atoms with van der Waals surface area (Å²) in [6.45, 7) is 1.59. The molecule has 0 spiro atoms. The summed E-state index contributed by atoms with van der Waals surface area (Å²) in [6.07, 6.45) is 2.01. The van der Waals surface area contributed by atoms with E-state index in [2.05, 4.69) is 15.0 Å². The van der Waals surface area contributed by atoms with E-state index in [4.69, 9.17) is 27.9 Å². The van der Waals surface area contributed by atoms with Crippen LogP contribution in [0.1, 0.15) is 12.8 Å². The Morgan fingerprint density at radius 2 is 1.67 bits per heavy atom. The zero-order valence-corrected chi connectivity index (χ0v) is 10.1. The summed E-state index contributed by atoms with van der Waals surface area (Å²) in [5, 5.41) is 1.36. The number of nitrogens with zero attached hydrogens (tertiary/aromatic N) is 3. The molecule has 4 nitrogen and oxygen atoms in total. The third-order valence-electron chi connectivity index (χ3n) is 2.00. The van der Waals surface area contributed by atoms with Gasteiger partial charge in [-0.3, -0.25) is 0 Å². The fourth-order valence-corrected chi connectivity index (χ4v) is 2.77. The molecule has 0 aromatic carbocycles. The van der Waals surface area contributed by atoms with Gasteiger partial charge >= 0.3 is 0 Å². The number of halogens is 2. The maximum atomic E-state index is 5.68. The van der Waals surface area contributed by atoms with Crippen molar-refractivity contribution in [3.05, 3.63) is 10.6 Å². The van der Waals surface area contributed by atoms with Crippen LogP contribution in [0.15, 0.2) is 5.16 Å². The molecule has 0 amide bonds. The SMILES string of the molecule is Clc1nc(Cl)nc(SC2CCOCC2)n1. The molecule has 0 saturated carbocycles. The summed E-state index contributed by atoms with van der Waals surface area (Å²) >= 11 is 12.9. The predicted octanol–water partition coefficient (Wildman–Crippen LogP) is 2.45. The summed E-state index contributed by atoms with van der Waals surface area (Å²) in [4.78, 5) is 11.7. The van der Waals surface area contributed by atoms with E-state index in [0.717, 1.165) is 26.1 Å². The summed E-state index contributed by atoms with van der Waals surface area (Å²) in [5.41, 5.74) is 0. The van der Waals surface area contributed by atoms with Gasteiger partial charge in [0.25, 0.3) is 0 Å². The minimum atomic E-state index is 0.143. The third kappa shape index (κ3) is 3.45. The Morgan fingerprint density at radius 1 is 1.07 bits per heavy atom. The average Bonchev–Trinajstić information content (AvgIpc) is 2.17. The first kappa shape index (κ1) is 11.4. The summed E-state index contributed by atoms with van der Waals surface area (Å²) in [5.74, 6) is 0. The number of rotatable bonds is 2. The topological polar surface area (TPSA) is 47.9 Å². The van der Waals surface area contributed by atoms with E-state index in [1.165, 1.54) is 0 Å². The number of hydrogen-bond acceptors (Lipinski definition) is 5. The van der Waals surface area contributed by atoms with Crippen LogP contribution < -0.4 is 0 Å². The van der Waals surface area contributed by atoms with Crippen LogP contribution >= 0.6 is 35.0 Å².